The number of phenols is 1. The van der Waals surface area contributed by atoms with E-state index < -0.39 is 0 Å². The molecule has 0 saturated heterocycles. The van der Waals surface area contributed by atoms with Gasteiger partial charge in [-0.25, -0.2) is 0 Å². The van der Waals surface area contributed by atoms with Crippen molar-refractivity contribution < 1.29 is 5.11 Å². The molecule has 0 aromatic heterocycles. The fraction of sp³-hybridized carbons (Fsp3) is 0.294. The van der Waals surface area contributed by atoms with E-state index in [1.165, 1.54) is 16.7 Å². The van der Waals surface area contributed by atoms with Crippen LogP contribution in [0.25, 0.3) is 0 Å². The van der Waals surface area contributed by atoms with E-state index in [1.54, 1.807) is 0 Å². The third-order valence-electron chi connectivity index (χ3n) is 3.44. The van der Waals surface area contributed by atoms with E-state index in [0.29, 0.717) is 5.75 Å². The highest BCUT2D eigenvalue weighted by Gasteiger charge is 2.07. The van der Waals surface area contributed by atoms with Crippen LogP contribution in [0.2, 0.25) is 0 Å². The zero-order valence-corrected chi connectivity index (χ0v) is 12.3. The maximum absolute atomic E-state index is 9.81. The Morgan fingerprint density at radius 1 is 0.737 bits per heavy atom. The molecule has 2 N–H and O–H groups in total. The number of phenolic OH excluding ortho intramolecular Hbond substituents is 1. The molecule has 2 rings (SSSR count). The predicted molar refractivity (Wildman–Crippen MR) is 81.5 cm³/mol. The van der Waals surface area contributed by atoms with Gasteiger partial charge >= 0.3 is 0 Å². The first-order chi connectivity index (χ1) is 8.88. The van der Waals surface area contributed by atoms with Crippen molar-refractivity contribution in [2.75, 3.05) is 5.32 Å². The third kappa shape index (κ3) is 2.73. The van der Waals surface area contributed by atoms with E-state index in [-0.39, 0.29) is 0 Å². The van der Waals surface area contributed by atoms with Gasteiger partial charge in [0.1, 0.15) is 5.75 Å². The SMILES string of the molecule is Cc1cc(C)c(Nc2cc(C)c(O)c(C)c2)c(C)c1. The molecule has 0 saturated carbocycles. The lowest BCUT2D eigenvalue weighted by Crippen LogP contribution is -1.98. The minimum Gasteiger partial charge on any atom is -0.507 e. The Morgan fingerprint density at radius 2 is 1.21 bits per heavy atom. The largest absolute Gasteiger partial charge is 0.507 e. The van der Waals surface area contributed by atoms with Crippen LogP contribution in [-0.2, 0) is 0 Å². The van der Waals surface area contributed by atoms with Crippen molar-refractivity contribution in [2.24, 2.45) is 0 Å². The Bertz CT molecular complexity index is 583. The normalized spacial score (nSPS) is 10.6. The highest BCUT2D eigenvalue weighted by molar-refractivity contribution is 5.69. The molecule has 0 aliphatic heterocycles. The van der Waals surface area contributed by atoms with Gasteiger partial charge in [-0.05, 0) is 69.0 Å². The Hall–Kier alpha value is -1.96. The van der Waals surface area contributed by atoms with Crippen molar-refractivity contribution in [1.29, 1.82) is 0 Å². The second-order valence-electron chi connectivity index (χ2n) is 5.36. The van der Waals surface area contributed by atoms with Crippen LogP contribution in [0.4, 0.5) is 11.4 Å². The van der Waals surface area contributed by atoms with Crippen molar-refractivity contribution in [3.8, 4) is 5.75 Å². The quantitative estimate of drug-likeness (QED) is 0.764. The maximum atomic E-state index is 9.81. The lowest BCUT2D eigenvalue weighted by molar-refractivity contribution is 0.467. The van der Waals surface area contributed by atoms with E-state index in [2.05, 4.69) is 38.2 Å². The molecule has 2 aromatic rings. The first-order valence-electron chi connectivity index (χ1n) is 6.53. The van der Waals surface area contributed by atoms with E-state index in [0.717, 1.165) is 22.5 Å². The van der Waals surface area contributed by atoms with Crippen LogP contribution in [0.3, 0.4) is 0 Å². The van der Waals surface area contributed by atoms with Crippen LogP contribution in [-0.4, -0.2) is 5.11 Å². The second-order valence-corrected chi connectivity index (χ2v) is 5.36. The highest BCUT2D eigenvalue weighted by atomic mass is 16.3. The zero-order valence-electron chi connectivity index (χ0n) is 12.3. The van der Waals surface area contributed by atoms with Gasteiger partial charge in [-0.3, -0.25) is 0 Å². The minimum absolute atomic E-state index is 0.378. The topological polar surface area (TPSA) is 32.3 Å². The summed E-state index contributed by atoms with van der Waals surface area (Å²) in [6.45, 7) is 10.2. The van der Waals surface area contributed by atoms with Gasteiger partial charge in [-0.15, -0.1) is 0 Å². The molecule has 2 nitrogen and oxygen atoms in total. The zero-order chi connectivity index (χ0) is 14.2. The number of rotatable bonds is 2. The van der Waals surface area contributed by atoms with E-state index in [9.17, 15) is 5.11 Å². The van der Waals surface area contributed by atoms with Crippen LogP contribution >= 0.6 is 0 Å². The van der Waals surface area contributed by atoms with Crippen LogP contribution < -0.4 is 5.32 Å². The van der Waals surface area contributed by atoms with Gasteiger partial charge in [0.15, 0.2) is 0 Å². The second kappa shape index (κ2) is 4.96. The monoisotopic (exact) mass is 255 g/mol. The Kier molecular flexibility index (Phi) is 3.52. The lowest BCUT2D eigenvalue weighted by atomic mass is 10.0. The van der Waals surface area contributed by atoms with Crippen LogP contribution in [0.1, 0.15) is 27.8 Å². The van der Waals surface area contributed by atoms with Gasteiger partial charge in [-0.2, -0.15) is 0 Å². The average Bonchev–Trinajstić information content (AvgIpc) is 2.30. The maximum Gasteiger partial charge on any atom is 0.121 e. The molecule has 2 aromatic carbocycles. The molecule has 0 bridgehead atoms. The Morgan fingerprint density at radius 3 is 1.68 bits per heavy atom. The van der Waals surface area contributed by atoms with Gasteiger partial charge in [-0.1, -0.05) is 17.7 Å². The molecule has 0 radical (unpaired) electrons. The first kappa shape index (κ1) is 13.5. The summed E-state index contributed by atoms with van der Waals surface area (Å²) < 4.78 is 0. The molecular weight excluding hydrogens is 234 g/mol. The van der Waals surface area contributed by atoms with E-state index >= 15 is 0 Å². The van der Waals surface area contributed by atoms with Gasteiger partial charge in [0, 0.05) is 11.4 Å². The highest BCUT2D eigenvalue weighted by Crippen LogP contribution is 2.30. The average molecular weight is 255 g/mol. The standard InChI is InChI=1S/C17H21NO/c1-10-6-11(2)16(12(3)7-10)18-15-8-13(4)17(19)14(5)9-15/h6-9,18-19H,1-5H3. The third-order valence-corrected chi connectivity index (χ3v) is 3.44. The van der Waals surface area contributed by atoms with Crippen molar-refractivity contribution in [2.45, 2.75) is 34.6 Å². The number of nitrogens with one attached hydrogen (secondary N) is 1. The van der Waals surface area contributed by atoms with Gasteiger partial charge in [0.25, 0.3) is 0 Å². The minimum atomic E-state index is 0.378. The first-order valence-corrected chi connectivity index (χ1v) is 6.53. The van der Waals surface area contributed by atoms with Gasteiger partial charge in [0.2, 0.25) is 0 Å². The molecule has 19 heavy (non-hydrogen) atoms. The van der Waals surface area contributed by atoms with Crippen LogP contribution in [0.15, 0.2) is 24.3 Å². The molecular formula is C17H21NO. The lowest BCUT2D eigenvalue weighted by Gasteiger charge is -2.15. The Labute approximate surface area is 115 Å². The summed E-state index contributed by atoms with van der Waals surface area (Å²) in [5.41, 5.74) is 7.70. The summed E-state index contributed by atoms with van der Waals surface area (Å²) in [4.78, 5) is 0. The van der Waals surface area contributed by atoms with Crippen molar-refractivity contribution in [1.82, 2.24) is 0 Å². The predicted octanol–water partition coefficient (Wildman–Crippen LogP) is 4.68. The molecule has 0 amide bonds. The van der Waals surface area contributed by atoms with Crippen LogP contribution in [0, 0.1) is 34.6 Å². The summed E-state index contributed by atoms with van der Waals surface area (Å²) in [5, 5.41) is 13.3. The smallest absolute Gasteiger partial charge is 0.121 e. The number of aromatic hydroxyl groups is 1. The number of hydrogen-bond donors (Lipinski definition) is 2. The summed E-state index contributed by atoms with van der Waals surface area (Å²) in [6.07, 6.45) is 0. The van der Waals surface area contributed by atoms with Gasteiger partial charge in [0.05, 0.1) is 0 Å². The molecule has 0 heterocycles. The van der Waals surface area contributed by atoms with E-state index in [1.807, 2.05) is 26.0 Å². The molecule has 0 unspecified atom stereocenters. The number of benzene rings is 2. The fourth-order valence-electron chi connectivity index (χ4n) is 2.55. The Balaban J connectivity index is 2.42. The molecule has 2 heteroatoms. The van der Waals surface area contributed by atoms with Crippen LogP contribution in [0.5, 0.6) is 5.75 Å². The summed E-state index contributed by atoms with van der Waals surface area (Å²) in [6, 6.07) is 8.30. The summed E-state index contributed by atoms with van der Waals surface area (Å²) in [5.74, 6) is 0.378. The molecule has 100 valence electrons. The fourth-order valence-corrected chi connectivity index (χ4v) is 2.55. The van der Waals surface area contributed by atoms with E-state index in [4.69, 9.17) is 0 Å². The number of aryl methyl sites for hydroxylation is 5. The van der Waals surface area contributed by atoms with Crippen molar-refractivity contribution in [3.05, 3.63) is 52.1 Å². The summed E-state index contributed by atoms with van der Waals surface area (Å²) >= 11 is 0. The molecule has 0 aliphatic carbocycles. The number of anilines is 2. The molecule has 0 atom stereocenters. The van der Waals surface area contributed by atoms with Gasteiger partial charge < -0.3 is 10.4 Å². The molecule has 0 fully saturated rings. The van der Waals surface area contributed by atoms with Crippen molar-refractivity contribution in [3.63, 3.8) is 0 Å². The van der Waals surface area contributed by atoms with Crippen molar-refractivity contribution >= 4 is 11.4 Å². The molecule has 0 aliphatic rings. The summed E-state index contributed by atoms with van der Waals surface area (Å²) in [7, 11) is 0. The molecule has 0 spiro atoms. The number of hydrogen-bond acceptors (Lipinski definition) is 2.